The lowest BCUT2D eigenvalue weighted by Crippen LogP contribution is -2.21. The van der Waals surface area contributed by atoms with Gasteiger partial charge in [-0.05, 0) is 54.3 Å². The van der Waals surface area contributed by atoms with Gasteiger partial charge in [0.25, 0.3) is 5.91 Å². The smallest absolute Gasteiger partial charge is 0.262 e. The highest BCUT2D eigenvalue weighted by Gasteiger charge is 2.19. The number of thiophene rings is 1. The normalized spacial score (nSPS) is 11.2. The van der Waals surface area contributed by atoms with E-state index in [1.165, 1.54) is 24.3 Å². The van der Waals surface area contributed by atoms with Crippen molar-refractivity contribution in [2.75, 3.05) is 11.9 Å². The van der Waals surface area contributed by atoms with Crippen molar-refractivity contribution in [3.05, 3.63) is 75.5 Å². The van der Waals surface area contributed by atoms with Crippen LogP contribution in [0.4, 0.5) is 14.5 Å². The van der Waals surface area contributed by atoms with E-state index in [9.17, 15) is 26.8 Å². The van der Waals surface area contributed by atoms with Crippen molar-refractivity contribution in [2.45, 2.75) is 11.8 Å². The van der Waals surface area contributed by atoms with E-state index in [0.717, 1.165) is 23.5 Å². The predicted molar refractivity (Wildman–Crippen MR) is 111 cm³/mol. The Bertz CT molecular complexity index is 1250. The second kappa shape index (κ2) is 8.92. The van der Waals surface area contributed by atoms with Gasteiger partial charge in [0.1, 0.15) is 22.3 Å². The zero-order valence-electron chi connectivity index (χ0n) is 16.0. The topological polar surface area (TPSA) is 116 Å². The van der Waals surface area contributed by atoms with E-state index < -0.39 is 40.0 Å². The number of nitrogens with two attached hydrogens (primary N) is 1. The summed E-state index contributed by atoms with van der Waals surface area (Å²) < 4.78 is 55.0. The number of amides is 1. The van der Waals surface area contributed by atoms with Crippen LogP contribution in [-0.2, 0) is 14.8 Å². The molecule has 0 fully saturated rings. The minimum atomic E-state index is -3.87. The Labute approximate surface area is 180 Å². The first-order valence-electron chi connectivity index (χ1n) is 8.69. The van der Waals surface area contributed by atoms with Gasteiger partial charge in [-0.15, -0.1) is 11.3 Å². The Balaban J connectivity index is 1.68. The predicted octanol–water partition coefficient (Wildman–Crippen LogP) is 3.23. The van der Waals surface area contributed by atoms with Crippen molar-refractivity contribution in [3.63, 3.8) is 0 Å². The summed E-state index contributed by atoms with van der Waals surface area (Å²) >= 11 is 1.01. The Kier molecular flexibility index (Phi) is 6.48. The fourth-order valence-electron chi connectivity index (χ4n) is 2.68. The minimum Gasteiger partial charge on any atom is -0.482 e. The summed E-state index contributed by atoms with van der Waals surface area (Å²) in [5, 5.41) is 9.19. The van der Waals surface area contributed by atoms with Crippen LogP contribution in [0.2, 0.25) is 0 Å². The summed E-state index contributed by atoms with van der Waals surface area (Å²) in [7, 11) is -3.87. The van der Waals surface area contributed by atoms with Crippen LogP contribution < -0.4 is 15.2 Å². The number of halogens is 2. The molecule has 3 rings (SSSR count). The third-order valence-electron chi connectivity index (χ3n) is 4.12. The van der Waals surface area contributed by atoms with E-state index in [4.69, 9.17) is 9.88 Å². The van der Waals surface area contributed by atoms with Gasteiger partial charge >= 0.3 is 0 Å². The fourth-order valence-corrected chi connectivity index (χ4v) is 4.07. The molecule has 0 bridgehead atoms. The number of aryl methyl sites for hydroxylation is 1. The molecule has 0 atom stereocenters. The van der Waals surface area contributed by atoms with Crippen molar-refractivity contribution in [3.8, 4) is 5.75 Å². The van der Waals surface area contributed by atoms with Crippen LogP contribution >= 0.6 is 11.3 Å². The maximum absolute atomic E-state index is 13.4. The molecule has 0 saturated carbocycles. The number of nitrogens with one attached hydrogen (secondary N) is 1. The number of anilines is 1. The number of carbonyl (C=O) groups is 2. The maximum atomic E-state index is 13.4. The summed E-state index contributed by atoms with van der Waals surface area (Å²) in [6.07, 6.45) is 0. The molecule has 3 aromatic rings. The monoisotopic (exact) mass is 466 g/mol. The number of ether oxygens (including phenoxy) is 1. The van der Waals surface area contributed by atoms with E-state index in [1.54, 1.807) is 12.3 Å². The van der Waals surface area contributed by atoms with Crippen molar-refractivity contribution < 1.29 is 31.5 Å². The van der Waals surface area contributed by atoms with Crippen molar-refractivity contribution in [1.29, 1.82) is 0 Å². The van der Waals surface area contributed by atoms with Crippen molar-refractivity contribution in [2.24, 2.45) is 5.14 Å². The van der Waals surface area contributed by atoms with Gasteiger partial charge in [-0.25, -0.2) is 22.3 Å². The zero-order chi connectivity index (χ0) is 22.8. The van der Waals surface area contributed by atoms with Gasteiger partial charge < -0.3 is 10.1 Å². The van der Waals surface area contributed by atoms with Gasteiger partial charge in [-0.2, -0.15) is 0 Å². The minimum absolute atomic E-state index is 0.0885. The summed E-state index contributed by atoms with van der Waals surface area (Å²) in [6, 6.07) is 7.92. The third kappa shape index (κ3) is 5.51. The van der Waals surface area contributed by atoms with Crippen LogP contribution in [0.15, 0.2) is 52.7 Å². The number of hydrogen-bond acceptors (Lipinski definition) is 6. The largest absolute Gasteiger partial charge is 0.482 e. The SMILES string of the molecule is Cc1cc(S(N)(=O)=O)ccc1NC(=O)COc1ccsc1C(=O)c1cc(F)cc(F)c1. The van der Waals surface area contributed by atoms with E-state index in [-0.39, 0.29) is 21.1 Å². The summed E-state index contributed by atoms with van der Waals surface area (Å²) in [6.45, 7) is 1.14. The van der Waals surface area contributed by atoms with Crippen molar-refractivity contribution in [1.82, 2.24) is 0 Å². The zero-order valence-corrected chi connectivity index (χ0v) is 17.6. The van der Waals surface area contributed by atoms with Gasteiger partial charge in [-0.3, -0.25) is 9.59 Å². The molecule has 1 heterocycles. The van der Waals surface area contributed by atoms with E-state index >= 15 is 0 Å². The molecule has 0 spiro atoms. The molecular weight excluding hydrogens is 450 g/mol. The number of hydrogen-bond donors (Lipinski definition) is 2. The Morgan fingerprint density at radius 1 is 1.10 bits per heavy atom. The number of benzene rings is 2. The van der Waals surface area contributed by atoms with Gasteiger partial charge in [0, 0.05) is 17.3 Å². The molecule has 162 valence electrons. The van der Waals surface area contributed by atoms with E-state index in [1.807, 2.05) is 0 Å². The van der Waals surface area contributed by atoms with Gasteiger partial charge in [0.2, 0.25) is 15.8 Å². The van der Waals surface area contributed by atoms with Gasteiger partial charge in [-0.1, -0.05) is 0 Å². The van der Waals surface area contributed by atoms with Crippen LogP contribution in [0, 0.1) is 18.6 Å². The van der Waals surface area contributed by atoms with Crippen LogP contribution in [0.25, 0.3) is 0 Å². The highest BCUT2D eigenvalue weighted by atomic mass is 32.2. The molecule has 0 aliphatic rings. The Morgan fingerprint density at radius 3 is 2.39 bits per heavy atom. The molecule has 31 heavy (non-hydrogen) atoms. The van der Waals surface area contributed by atoms with E-state index in [0.29, 0.717) is 17.3 Å². The fraction of sp³-hybridized carbons (Fsp3) is 0.100. The molecule has 1 aromatic heterocycles. The van der Waals surface area contributed by atoms with Crippen LogP contribution in [-0.4, -0.2) is 26.7 Å². The average molecular weight is 466 g/mol. The lowest BCUT2D eigenvalue weighted by Gasteiger charge is -2.11. The van der Waals surface area contributed by atoms with E-state index in [2.05, 4.69) is 5.32 Å². The Hall–Kier alpha value is -3.15. The number of rotatable bonds is 7. The van der Waals surface area contributed by atoms with Crippen LogP contribution in [0.1, 0.15) is 20.8 Å². The second-order valence-electron chi connectivity index (χ2n) is 6.46. The molecule has 2 aromatic carbocycles. The first kappa shape index (κ1) is 22.5. The third-order valence-corrected chi connectivity index (χ3v) is 5.92. The molecule has 0 aliphatic carbocycles. The van der Waals surface area contributed by atoms with Gasteiger partial charge in [0.05, 0.1) is 4.90 Å². The Morgan fingerprint density at radius 2 is 1.77 bits per heavy atom. The van der Waals surface area contributed by atoms with Crippen LogP contribution in [0.3, 0.4) is 0 Å². The molecule has 3 N–H and O–H groups in total. The molecule has 7 nitrogen and oxygen atoms in total. The molecule has 0 radical (unpaired) electrons. The lowest BCUT2D eigenvalue weighted by atomic mass is 10.1. The summed E-state index contributed by atoms with van der Waals surface area (Å²) in [5.74, 6) is -2.88. The standard InChI is InChI=1S/C20H16F2N2O5S2/c1-11-6-15(31(23,27)28)2-3-16(11)24-18(25)10-29-17-4-5-30-20(17)19(26)12-7-13(21)9-14(22)8-12/h2-9H,10H2,1H3,(H,24,25)(H2,23,27,28). The van der Waals surface area contributed by atoms with Gasteiger partial charge in [0.15, 0.2) is 6.61 Å². The molecule has 11 heteroatoms. The quantitative estimate of drug-likeness (QED) is 0.519. The first-order valence-corrected chi connectivity index (χ1v) is 11.1. The van der Waals surface area contributed by atoms with Crippen LogP contribution in [0.5, 0.6) is 5.75 Å². The molecule has 0 unspecified atom stereocenters. The lowest BCUT2D eigenvalue weighted by molar-refractivity contribution is -0.118. The molecular formula is C20H16F2N2O5S2. The maximum Gasteiger partial charge on any atom is 0.262 e. The first-order chi connectivity index (χ1) is 14.5. The highest BCUT2D eigenvalue weighted by Crippen LogP contribution is 2.28. The number of sulfonamides is 1. The highest BCUT2D eigenvalue weighted by molar-refractivity contribution is 7.89. The summed E-state index contributed by atoms with van der Waals surface area (Å²) in [4.78, 5) is 24.8. The number of ketones is 1. The van der Waals surface area contributed by atoms with Crippen molar-refractivity contribution >= 4 is 38.7 Å². The number of primary sulfonamides is 1. The molecule has 0 saturated heterocycles. The summed E-state index contributed by atoms with van der Waals surface area (Å²) in [5.41, 5.74) is 0.650. The molecule has 1 amide bonds. The number of carbonyl (C=O) groups excluding carboxylic acids is 2. The second-order valence-corrected chi connectivity index (χ2v) is 8.94. The molecule has 0 aliphatic heterocycles. The average Bonchev–Trinajstić information content (AvgIpc) is 3.14.